The zero-order valence-electron chi connectivity index (χ0n) is 17.9. The number of rotatable bonds is 4. The van der Waals surface area contributed by atoms with Gasteiger partial charge >= 0.3 is 0 Å². The van der Waals surface area contributed by atoms with Crippen molar-refractivity contribution >= 4 is 5.91 Å². The molecule has 1 aromatic carbocycles. The molecule has 0 bridgehead atoms. The van der Waals surface area contributed by atoms with Crippen molar-refractivity contribution in [2.45, 2.75) is 45.2 Å². The molecule has 1 saturated carbocycles. The predicted molar refractivity (Wildman–Crippen MR) is 115 cm³/mol. The Morgan fingerprint density at radius 1 is 1.16 bits per heavy atom. The van der Waals surface area contributed by atoms with Crippen LogP contribution in [0.3, 0.4) is 0 Å². The minimum atomic E-state index is -0.354. The van der Waals surface area contributed by atoms with Crippen molar-refractivity contribution in [3.63, 3.8) is 0 Å². The second kappa shape index (κ2) is 7.37. The van der Waals surface area contributed by atoms with Gasteiger partial charge in [-0.15, -0.1) is 10.2 Å². The molecular formula is C23H25N5O3. The first-order chi connectivity index (χ1) is 15.0. The van der Waals surface area contributed by atoms with Crippen molar-refractivity contribution < 1.29 is 9.53 Å². The van der Waals surface area contributed by atoms with Crippen LogP contribution in [0, 0.1) is 6.92 Å². The standard InChI is InChI=1S/C23H25N5O3/c1-14-10-11-27(17-6-4-5-7-18(17)31-3)23(30)20(14)22(29)26-12-15(2)28-19(13-26)24-25-21(28)16-8-9-16/h4-7,10-11,15-16H,8-9,12-13H2,1-3H3/t15-/m0/s1. The molecule has 0 N–H and O–H groups in total. The lowest BCUT2D eigenvalue weighted by Gasteiger charge is -2.33. The molecule has 3 aromatic rings. The summed E-state index contributed by atoms with van der Waals surface area (Å²) in [6, 6.07) is 9.13. The van der Waals surface area contributed by atoms with E-state index >= 15 is 0 Å². The van der Waals surface area contributed by atoms with Crippen molar-refractivity contribution in [1.29, 1.82) is 0 Å². The van der Waals surface area contributed by atoms with Gasteiger partial charge in [-0.25, -0.2) is 0 Å². The fourth-order valence-corrected chi connectivity index (χ4v) is 4.40. The highest BCUT2D eigenvalue weighted by atomic mass is 16.5. The largest absolute Gasteiger partial charge is 0.495 e. The molecule has 1 aliphatic carbocycles. The summed E-state index contributed by atoms with van der Waals surface area (Å²) in [6.45, 7) is 4.74. The number of carbonyl (C=O) groups excluding carboxylic acids is 1. The van der Waals surface area contributed by atoms with Gasteiger partial charge in [-0.3, -0.25) is 14.2 Å². The van der Waals surface area contributed by atoms with Crippen molar-refractivity contribution in [1.82, 2.24) is 24.2 Å². The van der Waals surface area contributed by atoms with Crippen LogP contribution in [-0.4, -0.2) is 43.8 Å². The van der Waals surface area contributed by atoms with Crippen LogP contribution in [-0.2, 0) is 6.54 Å². The number of para-hydroxylation sites is 2. The first kappa shape index (κ1) is 19.5. The van der Waals surface area contributed by atoms with E-state index in [4.69, 9.17) is 4.74 Å². The van der Waals surface area contributed by atoms with Gasteiger partial charge in [0.15, 0.2) is 5.82 Å². The number of methoxy groups -OCH3 is 1. The highest BCUT2D eigenvalue weighted by Crippen LogP contribution is 2.41. The average Bonchev–Trinajstić information content (AvgIpc) is 3.52. The number of fused-ring (bicyclic) bond motifs is 1. The summed E-state index contributed by atoms with van der Waals surface area (Å²) in [5.41, 5.74) is 1.08. The summed E-state index contributed by atoms with van der Waals surface area (Å²) in [4.78, 5) is 28.6. The van der Waals surface area contributed by atoms with Gasteiger partial charge in [0.1, 0.15) is 17.1 Å². The molecule has 160 valence electrons. The van der Waals surface area contributed by atoms with Crippen LogP contribution in [0.1, 0.15) is 59.3 Å². The van der Waals surface area contributed by atoms with E-state index in [1.807, 2.05) is 12.1 Å². The summed E-state index contributed by atoms with van der Waals surface area (Å²) >= 11 is 0. The zero-order valence-corrected chi connectivity index (χ0v) is 17.9. The molecule has 8 heteroatoms. The number of pyridine rings is 1. The lowest BCUT2D eigenvalue weighted by Crippen LogP contribution is -2.43. The molecule has 1 atom stereocenters. The van der Waals surface area contributed by atoms with Gasteiger partial charge in [0.05, 0.1) is 25.4 Å². The smallest absolute Gasteiger partial charge is 0.268 e. The number of nitrogens with zero attached hydrogens (tertiary/aromatic N) is 5. The average molecular weight is 419 g/mol. The van der Waals surface area contributed by atoms with Gasteiger partial charge in [0.2, 0.25) is 0 Å². The van der Waals surface area contributed by atoms with Crippen LogP contribution in [0.2, 0.25) is 0 Å². The monoisotopic (exact) mass is 419 g/mol. The maximum absolute atomic E-state index is 13.5. The molecule has 3 heterocycles. The number of amides is 1. The molecule has 0 spiro atoms. The molecule has 8 nitrogen and oxygen atoms in total. The van der Waals surface area contributed by atoms with E-state index in [0.29, 0.717) is 36.0 Å². The summed E-state index contributed by atoms with van der Waals surface area (Å²) in [7, 11) is 1.56. The highest BCUT2D eigenvalue weighted by molar-refractivity contribution is 5.95. The first-order valence-electron chi connectivity index (χ1n) is 10.6. The van der Waals surface area contributed by atoms with E-state index in [1.165, 1.54) is 4.57 Å². The third-order valence-electron chi connectivity index (χ3n) is 6.14. The molecule has 2 aliphatic rings. The second-order valence-corrected chi connectivity index (χ2v) is 8.37. The Hall–Kier alpha value is -3.42. The summed E-state index contributed by atoms with van der Waals surface area (Å²) in [6.07, 6.45) is 3.99. The third-order valence-corrected chi connectivity index (χ3v) is 6.14. The quantitative estimate of drug-likeness (QED) is 0.650. The van der Waals surface area contributed by atoms with E-state index in [0.717, 1.165) is 24.5 Å². The van der Waals surface area contributed by atoms with Crippen LogP contribution in [0.25, 0.3) is 5.69 Å². The molecular weight excluding hydrogens is 394 g/mol. The number of carbonyl (C=O) groups is 1. The molecule has 0 unspecified atom stereocenters. The van der Waals surface area contributed by atoms with E-state index in [1.54, 1.807) is 43.3 Å². The number of ether oxygens (including phenoxy) is 1. The van der Waals surface area contributed by atoms with Crippen LogP contribution in [0.15, 0.2) is 41.3 Å². The van der Waals surface area contributed by atoms with Gasteiger partial charge in [-0.05, 0) is 50.5 Å². The van der Waals surface area contributed by atoms with Gasteiger partial charge in [-0.2, -0.15) is 0 Å². The van der Waals surface area contributed by atoms with Gasteiger partial charge in [-0.1, -0.05) is 12.1 Å². The Kier molecular flexibility index (Phi) is 4.64. The third kappa shape index (κ3) is 3.22. The molecule has 0 radical (unpaired) electrons. The van der Waals surface area contributed by atoms with Crippen LogP contribution in [0.4, 0.5) is 0 Å². The van der Waals surface area contributed by atoms with Gasteiger partial charge < -0.3 is 14.2 Å². The maximum atomic E-state index is 13.5. The minimum absolute atomic E-state index is 0.0683. The Morgan fingerprint density at radius 2 is 1.94 bits per heavy atom. The normalized spacial score (nSPS) is 18.0. The van der Waals surface area contributed by atoms with Gasteiger partial charge in [0, 0.05) is 18.7 Å². The highest BCUT2D eigenvalue weighted by Gasteiger charge is 2.36. The molecule has 1 aliphatic heterocycles. The van der Waals surface area contributed by atoms with Crippen molar-refractivity contribution in [2.75, 3.05) is 13.7 Å². The summed E-state index contributed by atoms with van der Waals surface area (Å²) in [5, 5.41) is 8.73. The summed E-state index contributed by atoms with van der Waals surface area (Å²) in [5.74, 6) is 2.60. The number of hydrogen-bond acceptors (Lipinski definition) is 5. The van der Waals surface area contributed by atoms with E-state index in [-0.39, 0.29) is 23.1 Å². The molecule has 2 aromatic heterocycles. The predicted octanol–water partition coefficient (Wildman–Crippen LogP) is 2.84. The summed E-state index contributed by atoms with van der Waals surface area (Å²) < 4.78 is 9.05. The van der Waals surface area contributed by atoms with Gasteiger partial charge in [0.25, 0.3) is 11.5 Å². The first-order valence-corrected chi connectivity index (χ1v) is 10.6. The Labute approximate surface area is 180 Å². The topological polar surface area (TPSA) is 82.2 Å². The molecule has 1 fully saturated rings. The molecule has 1 amide bonds. The van der Waals surface area contributed by atoms with E-state index in [2.05, 4.69) is 21.7 Å². The van der Waals surface area contributed by atoms with E-state index in [9.17, 15) is 9.59 Å². The lowest BCUT2D eigenvalue weighted by molar-refractivity contribution is 0.0676. The zero-order chi connectivity index (χ0) is 21.7. The van der Waals surface area contributed by atoms with Crippen LogP contribution < -0.4 is 10.3 Å². The number of aryl methyl sites for hydroxylation is 1. The fraction of sp³-hybridized carbons (Fsp3) is 0.391. The molecule has 31 heavy (non-hydrogen) atoms. The number of benzene rings is 1. The number of aromatic nitrogens is 4. The molecule has 0 saturated heterocycles. The second-order valence-electron chi connectivity index (χ2n) is 8.37. The van der Waals surface area contributed by atoms with E-state index < -0.39 is 0 Å². The van der Waals surface area contributed by atoms with Crippen LogP contribution in [0.5, 0.6) is 5.75 Å². The fourth-order valence-electron chi connectivity index (χ4n) is 4.40. The van der Waals surface area contributed by atoms with Crippen molar-refractivity contribution in [3.8, 4) is 11.4 Å². The van der Waals surface area contributed by atoms with Crippen molar-refractivity contribution in [2.24, 2.45) is 0 Å². The van der Waals surface area contributed by atoms with Crippen LogP contribution >= 0.6 is 0 Å². The minimum Gasteiger partial charge on any atom is -0.495 e. The SMILES string of the molecule is COc1ccccc1-n1ccc(C)c(C(=O)N2Cc3nnc(C4CC4)n3[C@@H](C)C2)c1=O. The Bertz CT molecular complexity index is 1220. The molecule has 5 rings (SSSR count). The van der Waals surface area contributed by atoms with Crippen molar-refractivity contribution in [3.05, 3.63) is 69.7 Å². The number of hydrogen-bond donors (Lipinski definition) is 0. The maximum Gasteiger partial charge on any atom is 0.268 e. The Morgan fingerprint density at radius 3 is 2.68 bits per heavy atom. The lowest BCUT2D eigenvalue weighted by atomic mass is 10.1. The Balaban J connectivity index is 1.52.